The zero-order valence-electron chi connectivity index (χ0n) is 21.7. The number of carbonyl (C=O) groups is 1. The molecule has 0 spiro atoms. The molecule has 0 fully saturated rings. The zero-order valence-corrected chi connectivity index (χ0v) is 21.7. The standard InChI is InChI=1S/C28H32N4O5/c1-16(2)36-23-12-9-17(13-18(23)14-29)25-31-24(32-37-25)21-8-6-7-20-19(21)10-11-22(20)28(34,27(3,4)5)15-35-26(30)33/h6-9,12-13,16,22,34H,10-11,15H2,1-5H3,(H2,30,33)/t22-,28-/m0/s1. The Hall–Kier alpha value is -3.90. The van der Waals surface area contributed by atoms with Gasteiger partial charge in [0.25, 0.3) is 5.89 Å². The van der Waals surface area contributed by atoms with Crippen LogP contribution in [0.4, 0.5) is 4.79 Å². The number of amides is 1. The fraction of sp³-hybridized carbons (Fsp3) is 0.429. The molecule has 2 aromatic carbocycles. The third kappa shape index (κ3) is 5.02. The molecule has 1 aromatic heterocycles. The fourth-order valence-corrected chi connectivity index (χ4v) is 4.94. The van der Waals surface area contributed by atoms with Crippen molar-refractivity contribution >= 4 is 6.09 Å². The van der Waals surface area contributed by atoms with Gasteiger partial charge in [-0.25, -0.2) is 4.79 Å². The summed E-state index contributed by atoms with van der Waals surface area (Å²) in [5.74, 6) is 0.927. The number of aromatic nitrogens is 2. The lowest BCUT2D eigenvalue weighted by molar-refractivity contribution is -0.114. The van der Waals surface area contributed by atoms with Crippen molar-refractivity contribution in [3.05, 3.63) is 53.1 Å². The highest BCUT2D eigenvalue weighted by atomic mass is 16.6. The molecule has 9 nitrogen and oxygen atoms in total. The van der Waals surface area contributed by atoms with E-state index in [1.165, 1.54) is 0 Å². The van der Waals surface area contributed by atoms with Gasteiger partial charge < -0.3 is 24.8 Å². The summed E-state index contributed by atoms with van der Waals surface area (Å²) >= 11 is 0. The van der Waals surface area contributed by atoms with Crippen molar-refractivity contribution in [2.45, 2.75) is 65.1 Å². The van der Waals surface area contributed by atoms with E-state index in [9.17, 15) is 15.2 Å². The van der Waals surface area contributed by atoms with Crippen LogP contribution in [0.2, 0.25) is 0 Å². The predicted octanol–water partition coefficient (Wildman–Crippen LogP) is 4.96. The van der Waals surface area contributed by atoms with E-state index in [0.29, 0.717) is 35.5 Å². The van der Waals surface area contributed by atoms with Gasteiger partial charge in [-0.3, -0.25) is 0 Å². The number of nitrogens with zero attached hydrogens (tertiary/aromatic N) is 3. The molecule has 4 rings (SSSR count). The van der Waals surface area contributed by atoms with E-state index in [1.807, 2.05) is 52.8 Å². The van der Waals surface area contributed by atoms with Gasteiger partial charge in [0.15, 0.2) is 0 Å². The minimum absolute atomic E-state index is 0.0599. The van der Waals surface area contributed by atoms with Crippen molar-refractivity contribution in [1.82, 2.24) is 10.1 Å². The minimum Gasteiger partial charge on any atom is -0.490 e. The van der Waals surface area contributed by atoms with Crippen LogP contribution in [-0.4, -0.2) is 39.7 Å². The summed E-state index contributed by atoms with van der Waals surface area (Å²) < 4.78 is 16.4. The summed E-state index contributed by atoms with van der Waals surface area (Å²) in [5.41, 5.74) is 7.06. The molecule has 9 heteroatoms. The van der Waals surface area contributed by atoms with Crippen LogP contribution in [0.5, 0.6) is 5.75 Å². The van der Waals surface area contributed by atoms with Gasteiger partial charge in [0.05, 0.1) is 11.7 Å². The Labute approximate surface area is 216 Å². The third-order valence-corrected chi connectivity index (χ3v) is 6.96. The number of carbonyl (C=O) groups excluding carboxylic acids is 1. The summed E-state index contributed by atoms with van der Waals surface area (Å²) in [6.07, 6.45) is 0.373. The Kier molecular flexibility index (Phi) is 6.98. The number of aliphatic hydroxyl groups is 1. The van der Waals surface area contributed by atoms with Gasteiger partial charge in [0.2, 0.25) is 5.82 Å². The molecule has 1 aliphatic carbocycles. The summed E-state index contributed by atoms with van der Waals surface area (Å²) in [5, 5.41) is 25.5. The van der Waals surface area contributed by atoms with Crippen molar-refractivity contribution in [3.8, 4) is 34.7 Å². The van der Waals surface area contributed by atoms with E-state index in [-0.39, 0.29) is 24.5 Å². The first-order chi connectivity index (χ1) is 17.4. The van der Waals surface area contributed by atoms with Crippen molar-refractivity contribution in [1.29, 1.82) is 5.26 Å². The third-order valence-electron chi connectivity index (χ3n) is 6.96. The number of ether oxygens (including phenoxy) is 2. The van der Waals surface area contributed by atoms with Crippen molar-refractivity contribution in [3.63, 3.8) is 0 Å². The van der Waals surface area contributed by atoms with Gasteiger partial charge in [-0.15, -0.1) is 0 Å². The second kappa shape index (κ2) is 9.87. The van der Waals surface area contributed by atoms with Crippen molar-refractivity contribution in [2.24, 2.45) is 11.1 Å². The van der Waals surface area contributed by atoms with Gasteiger partial charge in [-0.1, -0.05) is 44.1 Å². The van der Waals surface area contributed by atoms with Gasteiger partial charge in [-0.2, -0.15) is 10.2 Å². The lowest BCUT2D eigenvalue weighted by Gasteiger charge is -2.44. The lowest BCUT2D eigenvalue weighted by Crippen LogP contribution is -2.52. The Morgan fingerprint density at radius 2 is 2.05 bits per heavy atom. The number of benzene rings is 2. The second-order valence-electron chi connectivity index (χ2n) is 10.7. The van der Waals surface area contributed by atoms with Gasteiger partial charge in [0, 0.05) is 17.0 Å². The highest BCUT2D eigenvalue weighted by Crippen LogP contribution is 2.50. The molecule has 194 valence electrons. The first-order valence-corrected chi connectivity index (χ1v) is 12.3. The minimum atomic E-state index is -1.33. The van der Waals surface area contributed by atoms with Crippen LogP contribution in [0.25, 0.3) is 22.8 Å². The molecule has 0 radical (unpaired) electrons. The molecule has 3 N–H and O–H groups in total. The number of hydrogen-bond donors (Lipinski definition) is 2. The van der Waals surface area contributed by atoms with E-state index in [4.69, 9.17) is 19.7 Å². The maximum atomic E-state index is 11.8. The molecule has 3 aromatic rings. The lowest BCUT2D eigenvalue weighted by atomic mass is 9.67. The summed E-state index contributed by atoms with van der Waals surface area (Å²) in [6.45, 7) is 9.34. The highest BCUT2D eigenvalue weighted by molar-refractivity contribution is 5.67. The fourth-order valence-electron chi connectivity index (χ4n) is 4.94. The Morgan fingerprint density at radius 1 is 1.30 bits per heavy atom. The Bertz CT molecular complexity index is 1350. The number of nitriles is 1. The van der Waals surface area contributed by atoms with Crippen LogP contribution in [0, 0.1) is 16.7 Å². The molecule has 0 saturated carbocycles. The van der Waals surface area contributed by atoms with Crippen molar-refractivity contribution < 1.29 is 23.9 Å². The average molecular weight is 505 g/mol. The van der Waals surface area contributed by atoms with Crippen LogP contribution in [0.15, 0.2) is 40.9 Å². The molecular formula is C28H32N4O5. The summed E-state index contributed by atoms with van der Waals surface area (Å²) in [7, 11) is 0. The van der Waals surface area contributed by atoms with Crippen LogP contribution in [-0.2, 0) is 11.2 Å². The number of primary amides is 1. The summed E-state index contributed by atoms with van der Waals surface area (Å²) in [4.78, 5) is 15.9. The highest BCUT2D eigenvalue weighted by Gasteiger charge is 2.50. The number of hydrogen-bond acceptors (Lipinski definition) is 8. The van der Waals surface area contributed by atoms with Crippen LogP contribution >= 0.6 is 0 Å². The van der Waals surface area contributed by atoms with Crippen molar-refractivity contribution in [2.75, 3.05) is 6.61 Å². The number of rotatable bonds is 7. The first kappa shape index (κ1) is 26.2. The number of fused-ring (bicyclic) bond motifs is 1. The topological polar surface area (TPSA) is 144 Å². The summed E-state index contributed by atoms with van der Waals surface area (Å²) in [6, 6.07) is 13.1. The average Bonchev–Trinajstić information content (AvgIpc) is 3.49. The SMILES string of the molecule is CC(C)Oc1ccc(-c2nc(-c3cccc4c3CC[C@@H]4[C@@](O)(COC(N)=O)C(C)(C)C)no2)cc1C#N. The maximum Gasteiger partial charge on any atom is 0.404 e. The van der Waals surface area contributed by atoms with Crippen LogP contribution in [0.3, 0.4) is 0 Å². The van der Waals surface area contributed by atoms with E-state index in [0.717, 1.165) is 16.7 Å². The quantitative estimate of drug-likeness (QED) is 0.459. The van der Waals surface area contributed by atoms with E-state index in [1.54, 1.807) is 18.2 Å². The monoisotopic (exact) mass is 504 g/mol. The smallest absolute Gasteiger partial charge is 0.404 e. The molecule has 0 aliphatic heterocycles. The molecule has 0 saturated heterocycles. The second-order valence-corrected chi connectivity index (χ2v) is 10.7. The predicted molar refractivity (Wildman–Crippen MR) is 137 cm³/mol. The largest absolute Gasteiger partial charge is 0.490 e. The van der Waals surface area contributed by atoms with Crippen LogP contribution in [0.1, 0.15) is 63.6 Å². The molecule has 37 heavy (non-hydrogen) atoms. The maximum absolute atomic E-state index is 11.8. The number of nitrogens with two attached hydrogens (primary N) is 1. The first-order valence-electron chi connectivity index (χ1n) is 12.3. The molecule has 2 atom stereocenters. The van der Waals surface area contributed by atoms with Crippen LogP contribution < -0.4 is 10.5 Å². The molecule has 1 aliphatic rings. The molecular weight excluding hydrogens is 472 g/mol. The molecule has 0 unspecified atom stereocenters. The van der Waals surface area contributed by atoms with Gasteiger partial charge in [0.1, 0.15) is 24.0 Å². The van der Waals surface area contributed by atoms with E-state index >= 15 is 0 Å². The molecule has 0 bridgehead atoms. The van der Waals surface area contributed by atoms with E-state index in [2.05, 4.69) is 16.2 Å². The molecule has 1 heterocycles. The molecule has 1 amide bonds. The van der Waals surface area contributed by atoms with Gasteiger partial charge in [-0.05, 0) is 61.4 Å². The normalized spacial score (nSPS) is 16.6. The Balaban J connectivity index is 1.68. The Morgan fingerprint density at radius 3 is 2.70 bits per heavy atom. The van der Waals surface area contributed by atoms with E-state index < -0.39 is 17.1 Å². The van der Waals surface area contributed by atoms with Gasteiger partial charge >= 0.3 is 6.09 Å². The zero-order chi connectivity index (χ0) is 27.0.